The zero-order valence-electron chi connectivity index (χ0n) is 16.0. The largest absolute Gasteiger partial charge is 0.497 e. The molecule has 5 nitrogen and oxygen atoms in total. The van der Waals surface area contributed by atoms with Crippen molar-refractivity contribution < 1.29 is 19.0 Å². The summed E-state index contributed by atoms with van der Waals surface area (Å²) < 4.78 is 16.1. The van der Waals surface area contributed by atoms with Gasteiger partial charge in [0.05, 0.1) is 20.3 Å². The first kappa shape index (κ1) is 19.1. The minimum atomic E-state index is 0.0218. The van der Waals surface area contributed by atoms with Crippen LogP contribution < -0.4 is 14.2 Å². The van der Waals surface area contributed by atoms with Crippen LogP contribution in [0.4, 0.5) is 0 Å². The van der Waals surface area contributed by atoms with Gasteiger partial charge in [-0.15, -0.1) is 0 Å². The molecule has 0 saturated carbocycles. The van der Waals surface area contributed by atoms with Crippen molar-refractivity contribution in [1.82, 2.24) is 4.90 Å². The number of benzene rings is 2. The topological polar surface area (TPSA) is 48.0 Å². The van der Waals surface area contributed by atoms with E-state index in [-0.39, 0.29) is 18.6 Å². The van der Waals surface area contributed by atoms with E-state index in [0.29, 0.717) is 5.75 Å². The van der Waals surface area contributed by atoms with Crippen LogP contribution in [0.2, 0.25) is 0 Å². The van der Waals surface area contributed by atoms with Crippen LogP contribution >= 0.6 is 0 Å². The van der Waals surface area contributed by atoms with Crippen LogP contribution in [0.25, 0.3) is 0 Å². The van der Waals surface area contributed by atoms with Gasteiger partial charge in [0.1, 0.15) is 17.2 Å². The lowest BCUT2D eigenvalue weighted by Crippen LogP contribution is -2.38. The number of methoxy groups -OCH3 is 2. The van der Waals surface area contributed by atoms with Gasteiger partial charge in [0.2, 0.25) is 0 Å². The second-order valence-electron chi connectivity index (χ2n) is 6.69. The lowest BCUT2D eigenvalue weighted by molar-refractivity contribution is -0.135. The van der Waals surface area contributed by atoms with Crippen molar-refractivity contribution >= 4 is 5.91 Å². The maximum Gasteiger partial charge on any atom is 0.261 e. The van der Waals surface area contributed by atoms with Crippen molar-refractivity contribution in [1.29, 1.82) is 0 Å². The van der Waals surface area contributed by atoms with Crippen LogP contribution in [0.15, 0.2) is 48.5 Å². The third-order valence-corrected chi connectivity index (χ3v) is 5.00. The van der Waals surface area contributed by atoms with Gasteiger partial charge >= 0.3 is 0 Å². The fraction of sp³-hybridized carbons (Fsp3) is 0.409. The molecular formula is C22H27NO4. The smallest absolute Gasteiger partial charge is 0.261 e. The highest BCUT2D eigenvalue weighted by Gasteiger charge is 2.27. The Kier molecular flexibility index (Phi) is 6.58. The molecule has 0 aliphatic carbocycles. The minimum Gasteiger partial charge on any atom is -0.497 e. The van der Waals surface area contributed by atoms with Gasteiger partial charge in [-0.3, -0.25) is 4.79 Å². The zero-order valence-corrected chi connectivity index (χ0v) is 16.0. The summed E-state index contributed by atoms with van der Waals surface area (Å²) in [5.41, 5.74) is 1.15. The third-order valence-electron chi connectivity index (χ3n) is 5.00. The monoisotopic (exact) mass is 369 g/mol. The van der Waals surface area contributed by atoms with Gasteiger partial charge in [-0.1, -0.05) is 25.0 Å². The summed E-state index contributed by atoms with van der Waals surface area (Å²) in [6.45, 7) is 0.806. The van der Waals surface area contributed by atoms with Crippen LogP contribution in [0, 0.1) is 0 Å². The first-order valence-corrected chi connectivity index (χ1v) is 9.41. The van der Waals surface area contributed by atoms with Crippen molar-refractivity contribution in [2.24, 2.45) is 0 Å². The third kappa shape index (κ3) is 4.94. The molecule has 0 aromatic heterocycles. The zero-order chi connectivity index (χ0) is 19.1. The summed E-state index contributed by atoms with van der Waals surface area (Å²) in [7, 11) is 3.28. The van der Waals surface area contributed by atoms with Gasteiger partial charge in [-0.05, 0) is 54.8 Å². The molecule has 1 atom stereocenters. The molecule has 1 amide bonds. The van der Waals surface area contributed by atoms with Crippen LogP contribution in [-0.2, 0) is 4.79 Å². The molecular weight excluding hydrogens is 342 g/mol. The molecule has 1 saturated heterocycles. The highest BCUT2D eigenvalue weighted by atomic mass is 16.5. The highest BCUT2D eigenvalue weighted by Crippen LogP contribution is 2.31. The van der Waals surface area contributed by atoms with E-state index in [1.54, 1.807) is 14.2 Å². The fourth-order valence-corrected chi connectivity index (χ4v) is 3.48. The average Bonchev–Trinajstić information content (AvgIpc) is 2.98. The fourth-order valence-electron chi connectivity index (χ4n) is 3.48. The number of nitrogens with zero attached hydrogens (tertiary/aromatic N) is 1. The van der Waals surface area contributed by atoms with Crippen molar-refractivity contribution in [2.75, 3.05) is 27.4 Å². The summed E-state index contributed by atoms with van der Waals surface area (Å²) in [6.07, 6.45) is 4.27. The Balaban J connectivity index is 1.68. The molecule has 5 heteroatoms. The van der Waals surface area contributed by atoms with Gasteiger partial charge in [-0.2, -0.15) is 0 Å². The van der Waals surface area contributed by atoms with E-state index >= 15 is 0 Å². The van der Waals surface area contributed by atoms with Crippen LogP contribution in [-0.4, -0.2) is 38.2 Å². The number of amides is 1. The minimum absolute atomic E-state index is 0.0218. The Morgan fingerprint density at radius 2 is 1.48 bits per heavy atom. The summed E-state index contributed by atoms with van der Waals surface area (Å²) in [5.74, 6) is 2.28. The molecule has 0 radical (unpaired) electrons. The van der Waals surface area contributed by atoms with E-state index in [1.165, 1.54) is 0 Å². The van der Waals surface area contributed by atoms with Gasteiger partial charge in [0, 0.05) is 6.54 Å². The first-order valence-electron chi connectivity index (χ1n) is 9.41. The molecule has 0 N–H and O–H groups in total. The van der Waals surface area contributed by atoms with E-state index in [9.17, 15) is 4.79 Å². The number of hydrogen-bond acceptors (Lipinski definition) is 4. The van der Waals surface area contributed by atoms with Crippen molar-refractivity contribution in [3.8, 4) is 17.2 Å². The lowest BCUT2D eigenvalue weighted by atomic mass is 10.0. The van der Waals surface area contributed by atoms with Crippen LogP contribution in [0.1, 0.15) is 37.3 Å². The molecule has 1 fully saturated rings. The number of hydrogen-bond donors (Lipinski definition) is 0. The Bertz CT molecular complexity index is 727. The molecule has 0 spiro atoms. The SMILES string of the molecule is COc1ccc(OCC(=O)N2CCCCC[C@H]2c2ccc(OC)cc2)cc1. The predicted molar refractivity (Wildman–Crippen MR) is 104 cm³/mol. The van der Waals surface area contributed by atoms with E-state index in [4.69, 9.17) is 14.2 Å². The quantitative estimate of drug-likeness (QED) is 0.765. The van der Waals surface area contributed by atoms with E-state index in [1.807, 2.05) is 41.3 Å². The van der Waals surface area contributed by atoms with Gasteiger partial charge in [0.15, 0.2) is 6.61 Å². The molecule has 144 valence electrons. The molecule has 27 heavy (non-hydrogen) atoms. The maximum atomic E-state index is 12.9. The predicted octanol–water partition coefficient (Wildman–Crippen LogP) is 4.23. The molecule has 2 aromatic rings. The van der Waals surface area contributed by atoms with Gasteiger partial charge < -0.3 is 19.1 Å². The number of likely N-dealkylation sites (tertiary alicyclic amines) is 1. The summed E-state index contributed by atoms with van der Waals surface area (Å²) in [4.78, 5) is 14.9. The summed E-state index contributed by atoms with van der Waals surface area (Å²) >= 11 is 0. The van der Waals surface area contributed by atoms with Crippen molar-refractivity contribution in [2.45, 2.75) is 31.7 Å². The summed E-state index contributed by atoms with van der Waals surface area (Å²) in [5, 5.41) is 0. The van der Waals surface area contributed by atoms with Gasteiger partial charge in [-0.25, -0.2) is 0 Å². The molecule has 2 aromatic carbocycles. The lowest BCUT2D eigenvalue weighted by Gasteiger charge is -2.30. The second kappa shape index (κ2) is 9.31. The first-order chi connectivity index (χ1) is 13.2. The van der Waals surface area contributed by atoms with E-state index < -0.39 is 0 Å². The molecule has 0 bridgehead atoms. The molecule has 1 heterocycles. The highest BCUT2D eigenvalue weighted by molar-refractivity contribution is 5.78. The van der Waals surface area contributed by atoms with Crippen molar-refractivity contribution in [3.05, 3.63) is 54.1 Å². The Labute approximate surface area is 160 Å². The Morgan fingerprint density at radius 1 is 0.889 bits per heavy atom. The van der Waals surface area contributed by atoms with E-state index in [0.717, 1.165) is 49.3 Å². The maximum absolute atomic E-state index is 12.9. The number of carbonyl (C=O) groups excluding carboxylic acids is 1. The Morgan fingerprint density at radius 3 is 2.11 bits per heavy atom. The number of carbonyl (C=O) groups is 1. The standard InChI is InChI=1S/C22H27NO4/c1-25-18-9-7-17(8-10-18)21-6-4-3-5-15-23(21)22(24)16-27-20-13-11-19(26-2)12-14-20/h7-14,21H,3-6,15-16H2,1-2H3/t21-/m0/s1. The van der Waals surface area contributed by atoms with Gasteiger partial charge in [0.25, 0.3) is 5.91 Å². The molecule has 1 aliphatic heterocycles. The van der Waals surface area contributed by atoms with E-state index in [2.05, 4.69) is 12.1 Å². The average molecular weight is 369 g/mol. The number of rotatable bonds is 6. The number of ether oxygens (including phenoxy) is 3. The molecule has 1 aliphatic rings. The Hall–Kier alpha value is -2.69. The molecule has 0 unspecified atom stereocenters. The molecule has 3 rings (SSSR count). The van der Waals surface area contributed by atoms with Crippen molar-refractivity contribution in [3.63, 3.8) is 0 Å². The second-order valence-corrected chi connectivity index (χ2v) is 6.69. The van der Waals surface area contributed by atoms with Crippen LogP contribution in [0.3, 0.4) is 0 Å². The van der Waals surface area contributed by atoms with Crippen LogP contribution in [0.5, 0.6) is 17.2 Å². The normalized spacial score (nSPS) is 17.1. The summed E-state index contributed by atoms with van der Waals surface area (Å²) in [6, 6.07) is 15.4.